The molecule has 120 valence electrons. The van der Waals surface area contributed by atoms with Gasteiger partial charge in [-0.15, -0.1) is 17.0 Å². The van der Waals surface area contributed by atoms with Gasteiger partial charge in [0.1, 0.15) is 5.75 Å². The molecule has 0 saturated heterocycles. The second-order valence-corrected chi connectivity index (χ2v) is 8.17. The van der Waals surface area contributed by atoms with Crippen LogP contribution in [0.25, 0.3) is 0 Å². The number of para-hydroxylation sites is 1. The molecule has 5 heteroatoms. The first kappa shape index (κ1) is 19.5. The summed E-state index contributed by atoms with van der Waals surface area (Å²) in [6.45, 7) is 1.88. The Morgan fingerprint density at radius 3 is 2.81 bits per heavy atom. The first-order chi connectivity index (χ1) is 9.65. The summed E-state index contributed by atoms with van der Waals surface area (Å²) in [4.78, 5) is 0.594. The molecule has 2 nitrogen and oxygen atoms in total. The maximum atomic E-state index is 5.37. The predicted molar refractivity (Wildman–Crippen MR) is 102 cm³/mol. The molecule has 2 rings (SSSR count). The summed E-state index contributed by atoms with van der Waals surface area (Å²) in [5.41, 5.74) is 1.22. The zero-order valence-corrected chi connectivity index (χ0v) is 17.3. The smallest absolute Gasteiger partial charge is 0.123 e. The molecule has 1 aliphatic rings. The van der Waals surface area contributed by atoms with Crippen molar-refractivity contribution in [3.8, 4) is 5.75 Å². The Bertz CT molecular complexity index is 430. The van der Waals surface area contributed by atoms with Crippen LogP contribution in [-0.4, -0.2) is 22.8 Å². The fraction of sp³-hybridized carbons (Fsp3) is 0.625. The first-order valence-electron chi connectivity index (χ1n) is 7.31. The molecule has 21 heavy (non-hydrogen) atoms. The average Bonchev–Trinajstić information content (AvgIpc) is 2.47. The second-order valence-electron chi connectivity index (χ2n) is 5.49. The number of ether oxygens (including phenoxy) is 1. The van der Waals surface area contributed by atoms with Gasteiger partial charge in [0, 0.05) is 21.3 Å². The lowest BCUT2D eigenvalue weighted by Crippen LogP contribution is -2.38. The first-order valence-corrected chi connectivity index (χ1v) is 9.02. The van der Waals surface area contributed by atoms with Crippen molar-refractivity contribution in [1.29, 1.82) is 0 Å². The number of hydrogen-bond acceptors (Lipinski definition) is 2. The lowest BCUT2D eigenvalue weighted by molar-refractivity contribution is 0.390. The topological polar surface area (TPSA) is 21.3 Å². The summed E-state index contributed by atoms with van der Waals surface area (Å²) in [6, 6.07) is 8.19. The lowest BCUT2D eigenvalue weighted by Gasteiger charge is -2.36. The van der Waals surface area contributed by atoms with Gasteiger partial charge in [0.05, 0.1) is 7.11 Å². The summed E-state index contributed by atoms with van der Waals surface area (Å²) in [5.74, 6) is 0.963. The molecule has 2 atom stereocenters. The molecular weight excluding hydrogens is 462 g/mol. The molecule has 0 heterocycles. The van der Waals surface area contributed by atoms with Crippen LogP contribution in [-0.2, 0) is 6.54 Å². The van der Waals surface area contributed by atoms with Crippen molar-refractivity contribution in [2.75, 3.05) is 13.7 Å². The molecule has 0 aliphatic heterocycles. The number of nitrogens with one attached hydrogen (secondary N) is 1. The standard InChI is InChI=1S/C16H23Br2NO.BrH/c1-20-14-7-3-2-6-13(14)12-19-11-10-16(18)9-5-4-8-15(16)17;/h2-3,6-7,15,19H,4-5,8-12H2,1H3;1H/t15-,16+;/m0./s1. The number of halogens is 3. The van der Waals surface area contributed by atoms with Crippen LogP contribution in [0.1, 0.15) is 37.7 Å². The minimum atomic E-state index is 0. The third-order valence-electron chi connectivity index (χ3n) is 4.09. The van der Waals surface area contributed by atoms with E-state index in [2.05, 4.69) is 49.3 Å². The number of benzene rings is 1. The van der Waals surface area contributed by atoms with Crippen molar-refractivity contribution in [3.05, 3.63) is 29.8 Å². The van der Waals surface area contributed by atoms with E-state index < -0.39 is 0 Å². The van der Waals surface area contributed by atoms with Crippen molar-refractivity contribution < 1.29 is 4.74 Å². The molecule has 1 aliphatic carbocycles. The molecule has 0 aromatic heterocycles. The van der Waals surface area contributed by atoms with Gasteiger partial charge < -0.3 is 10.1 Å². The summed E-state index contributed by atoms with van der Waals surface area (Å²) in [5, 5.41) is 3.54. The Kier molecular flexibility index (Phi) is 8.84. The summed E-state index contributed by atoms with van der Waals surface area (Å²) in [6.07, 6.45) is 6.37. The Labute approximate surface area is 155 Å². The zero-order valence-electron chi connectivity index (χ0n) is 12.4. The van der Waals surface area contributed by atoms with E-state index in [9.17, 15) is 0 Å². The van der Waals surface area contributed by atoms with Crippen LogP contribution < -0.4 is 10.1 Å². The van der Waals surface area contributed by atoms with Gasteiger partial charge in [-0.2, -0.15) is 0 Å². The maximum absolute atomic E-state index is 5.37. The van der Waals surface area contributed by atoms with E-state index in [1.165, 1.54) is 31.2 Å². The van der Waals surface area contributed by atoms with Gasteiger partial charge in [0.15, 0.2) is 0 Å². The molecule has 1 aromatic rings. The fourth-order valence-electron chi connectivity index (χ4n) is 2.81. The normalized spacial score (nSPS) is 25.2. The molecule has 0 bridgehead atoms. The summed E-state index contributed by atoms with van der Waals surface area (Å²) < 4.78 is 5.64. The third-order valence-corrected chi connectivity index (χ3v) is 7.38. The van der Waals surface area contributed by atoms with E-state index in [1.54, 1.807) is 7.11 Å². The number of alkyl halides is 2. The van der Waals surface area contributed by atoms with Crippen molar-refractivity contribution in [2.45, 2.75) is 47.8 Å². The van der Waals surface area contributed by atoms with Gasteiger partial charge >= 0.3 is 0 Å². The highest BCUT2D eigenvalue weighted by molar-refractivity contribution is 9.12. The largest absolute Gasteiger partial charge is 0.496 e. The van der Waals surface area contributed by atoms with Crippen molar-refractivity contribution in [1.82, 2.24) is 5.32 Å². The van der Waals surface area contributed by atoms with Gasteiger partial charge in [-0.1, -0.05) is 62.9 Å². The van der Waals surface area contributed by atoms with Gasteiger partial charge in [-0.05, 0) is 31.9 Å². The van der Waals surface area contributed by atoms with Gasteiger partial charge in [-0.25, -0.2) is 0 Å². The van der Waals surface area contributed by atoms with Crippen LogP contribution in [0.4, 0.5) is 0 Å². The Balaban J connectivity index is 0.00000220. The van der Waals surface area contributed by atoms with E-state index >= 15 is 0 Å². The van der Waals surface area contributed by atoms with E-state index in [0.29, 0.717) is 4.83 Å². The molecule has 0 radical (unpaired) electrons. The zero-order chi connectivity index (χ0) is 14.4. The van der Waals surface area contributed by atoms with E-state index in [0.717, 1.165) is 25.3 Å². The van der Waals surface area contributed by atoms with E-state index in [1.807, 2.05) is 12.1 Å². The molecule has 0 unspecified atom stereocenters. The highest BCUT2D eigenvalue weighted by Crippen LogP contribution is 2.42. The maximum Gasteiger partial charge on any atom is 0.123 e. The predicted octanol–water partition coefficient (Wildman–Crippen LogP) is 5.22. The highest BCUT2D eigenvalue weighted by Gasteiger charge is 2.36. The average molecular weight is 486 g/mol. The van der Waals surface area contributed by atoms with Gasteiger partial charge in [-0.3, -0.25) is 0 Å². The Hall–Kier alpha value is 0.420. The van der Waals surface area contributed by atoms with Gasteiger partial charge in [0.2, 0.25) is 0 Å². The molecule has 0 amide bonds. The third kappa shape index (κ3) is 5.52. The van der Waals surface area contributed by atoms with Gasteiger partial charge in [0.25, 0.3) is 0 Å². The molecule has 0 spiro atoms. The van der Waals surface area contributed by atoms with Crippen LogP contribution in [0.3, 0.4) is 0 Å². The molecule has 1 saturated carbocycles. The monoisotopic (exact) mass is 483 g/mol. The van der Waals surface area contributed by atoms with Crippen LogP contribution in [0.2, 0.25) is 0 Å². The Morgan fingerprint density at radius 2 is 2.10 bits per heavy atom. The molecule has 1 fully saturated rings. The van der Waals surface area contributed by atoms with Crippen LogP contribution in [0, 0.1) is 0 Å². The SMILES string of the molecule is Br.COc1ccccc1CNCC[C@]1(Br)CCCC[C@@H]1Br. The lowest BCUT2D eigenvalue weighted by atomic mass is 9.86. The summed E-state index contributed by atoms with van der Waals surface area (Å²) in [7, 11) is 1.73. The fourth-order valence-corrected chi connectivity index (χ4v) is 4.30. The molecule has 1 aromatic carbocycles. The van der Waals surface area contributed by atoms with E-state index in [4.69, 9.17) is 4.74 Å². The molecule has 1 N–H and O–H groups in total. The number of rotatable bonds is 6. The minimum absolute atomic E-state index is 0. The highest BCUT2D eigenvalue weighted by atomic mass is 79.9. The second kappa shape index (κ2) is 9.53. The number of hydrogen-bond donors (Lipinski definition) is 1. The number of methoxy groups -OCH3 is 1. The van der Waals surface area contributed by atoms with Crippen LogP contribution in [0.15, 0.2) is 24.3 Å². The molecular formula is C16H24Br3NO. The van der Waals surface area contributed by atoms with Crippen LogP contribution >= 0.6 is 48.8 Å². The Morgan fingerprint density at radius 1 is 1.33 bits per heavy atom. The van der Waals surface area contributed by atoms with Crippen molar-refractivity contribution in [2.24, 2.45) is 0 Å². The summed E-state index contributed by atoms with van der Waals surface area (Å²) >= 11 is 7.80. The quantitative estimate of drug-likeness (QED) is 0.440. The van der Waals surface area contributed by atoms with Crippen molar-refractivity contribution >= 4 is 48.8 Å². The van der Waals surface area contributed by atoms with Crippen molar-refractivity contribution in [3.63, 3.8) is 0 Å². The minimum Gasteiger partial charge on any atom is -0.496 e. The van der Waals surface area contributed by atoms with E-state index in [-0.39, 0.29) is 21.3 Å². The van der Waals surface area contributed by atoms with Crippen LogP contribution in [0.5, 0.6) is 5.75 Å².